The minimum absolute atomic E-state index is 1.16. The van der Waals surface area contributed by atoms with Crippen molar-refractivity contribution < 1.29 is 0 Å². The van der Waals surface area contributed by atoms with Crippen LogP contribution in [0.4, 0.5) is 0 Å². The lowest BCUT2D eigenvalue weighted by atomic mass is 9.92. The van der Waals surface area contributed by atoms with Crippen molar-refractivity contribution >= 4 is 141 Å². The minimum Gasteiger partial charge on any atom is -0.309 e. The molecule has 0 aliphatic heterocycles. The molecular formula is C104H64N4. The zero-order valence-electron chi connectivity index (χ0n) is 58.7. The Kier molecular flexibility index (Phi) is 13.1. The quantitative estimate of drug-likeness (QED) is 0.142. The molecule has 0 spiro atoms. The smallest absolute Gasteiger partial charge is 0.0547 e. The van der Waals surface area contributed by atoms with Gasteiger partial charge in [0.25, 0.3) is 0 Å². The van der Waals surface area contributed by atoms with Crippen molar-refractivity contribution in [3.8, 4) is 78.4 Å². The second-order valence-electron chi connectivity index (χ2n) is 29.0. The van der Waals surface area contributed by atoms with Gasteiger partial charge in [0, 0.05) is 70.9 Å². The van der Waals surface area contributed by atoms with E-state index in [0.717, 1.165) is 5.69 Å². The van der Waals surface area contributed by atoms with Crippen molar-refractivity contribution in [3.63, 3.8) is 0 Å². The maximum absolute atomic E-state index is 2.50. The summed E-state index contributed by atoms with van der Waals surface area (Å²) in [7, 11) is 0. The average molecular weight is 1370 g/mol. The SMILES string of the molecule is c1ccc(-n2c3ccccc3c3ccc(-c4ccc5c(c4)c4ccccc4n5-c4cc5ccc6ccccc6c5c5c4ccc4ccccc45)cc32)cc1.c1ccc(-n2c3ccccc3c3ccc(-c4ccc5c(c4)c4ccccc4n5-c4ccc(-c5ccc6c7c(cccc57)-c5ccccc5-6)cc4)cc32)cc1. The lowest BCUT2D eigenvalue weighted by Gasteiger charge is -2.17. The molecule has 0 fully saturated rings. The highest BCUT2D eigenvalue weighted by Crippen LogP contribution is 2.51. The first-order valence-corrected chi connectivity index (χ1v) is 37.4. The topological polar surface area (TPSA) is 19.7 Å². The van der Waals surface area contributed by atoms with Crippen LogP contribution in [0.15, 0.2) is 388 Å². The van der Waals surface area contributed by atoms with Gasteiger partial charge in [0.05, 0.1) is 49.8 Å². The number of hydrogen-bond acceptors (Lipinski definition) is 0. The lowest BCUT2D eigenvalue weighted by Crippen LogP contribution is -1.97. The van der Waals surface area contributed by atoms with Crippen molar-refractivity contribution in [3.05, 3.63) is 388 Å². The molecule has 24 rings (SSSR count). The molecule has 4 aromatic heterocycles. The molecule has 1 aliphatic carbocycles. The zero-order chi connectivity index (χ0) is 70.7. The number of rotatable bonds is 7. The van der Waals surface area contributed by atoms with E-state index in [1.807, 2.05) is 0 Å². The van der Waals surface area contributed by atoms with E-state index in [1.165, 1.54) is 214 Å². The van der Waals surface area contributed by atoms with Crippen LogP contribution in [0.1, 0.15) is 0 Å². The molecule has 0 unspecified atom stereocenters. The van der Waals surface area contributed by atoms with Crippen LogP contribution in [0.25, 0.3) is 219 Å². The summed E-state index contributed by atoms with van der Waals surface area (Å²) in [6.07, 6.45) is 0. The highest BCUT2D eigenvalue weighted by molar-refractivity contribution is 6.30. The third kappa shape index (κ3) is 8.98. The van der Waals surface area contributed by atoms with E-state index in [2.05, 4.69) is 407 Å². The Hall–Kier alpha value is -14.3. The van der Waals surface area contributed by atoms with Gasteiger partial charge < -0.3 is 18.3 Å². The predicted molar refractivity (Wildman–Crippen MR) is 459 cm³/mol. The van der Waals surface area contributed by atoms with Crippen molar-refractivity contribution in [1.82, 2.24) is 18.3 Å². The van der Waals surface area contributed by atoms with Gasteiger partial charge in [-0.25, -0.2) is 0 Å². The average Bonchev–Trinajstić information content (AvgIpc) is 1.48. The van der Waals surface area contributed by atoms with Gasteiger partial charge in [-0.2, -0.15) is 0 Å². The predicted octanol–water partition coefficient (Wildman–Crippen LogP) is 28.2. The molecule has 500 valence electrons. The number of para-hydroxylation sites is 6. The van der Waals surface area contributed by atoms with Gasteiger partial charge in [-0.1, -0.05) is 285 Å². The van der Waals surface area contributed by atoms with E-state index in [-0.39, 0.29) is 0 Å². The maximum Gasteiger partial charge on any atom is 0.0547 e. The standard InChI is InChI=1S/2C52H32N2/c1-2-14-38(15-3-1)53-46-20-10-8-18-41(46)43-27-25-36(31-49(43)53)35-26-29-48-45(30-35)42-19-9-11-21-47(42)54(48)50-32-37-23-22-33-12-4-6-16-39(33)51(37)52-40-17-7-5-13-34(40)24-28-44(50)52;1-2-11-36(12-3-1)54-48-19-8-6-15-41(48)43-27-23-35(32-51(43)54)34-24-30-50-47(31-34)42-16-7-9-20-49(42)53(50)37-25-21-33(22-26-37)38-28-29-46-40-14-5-4-13-39(40)45-18-10-17-44(38)52(45)46/h2*1-32H. The van der Waals surface area contributed by atoms with Crippen LogP contribution < -0.4 is 0 Å². The Balaban J connectivity index is 0.000000130. The van der Waals surface area contributed by atoms with E-state index >= 15 is 0 Å². The first-order chi connectivity index (χ1) is 53.6. The lowest BCUT2D eigenvalue weighted by molar-refractivity contribution is 1.18. The van der Waals surface area contributed by atoms with E-state index < -0.39 is 0 Å². The van der Waals surface area contributed by atoms with Gasteiger partial charge in [-0.05, 0) is 202 Å². The second-order valence-corrected chi connectivity index (χ2v) is 29.0. The van der Waals surface area contributed by atoms with Crippen molar-refractivity contribution in [1.29, 1.82) is 0 Å². The van der Waals surface area contributed by atoms with Gasteiger partial charge in [0.2, 0.25) is 0 Å². The molecular weight excluding hydrogens is 1310 g/mol. The molecule has 4 heterocycles. The van der Waals surface area contributed by atoms with E-state index in [0.29, 0.717) is 0 Å². The second kappa shape index (κ2) is 23.6. The summed E-state index contributed by atoms with van der Waals surface area (Å²) >= 11 is 0. The van der Waals surface area contributed by atoms with Crippen molar-refractivity contribution in [2.45, 2.75) is 0 Å². The highest BCUT2D eigenvalue weighted by Gasteiger charge is 2.25. The summed E-state index contributed by atoms with van der Waals surface area (Å²) < 4.78 is 9.71. The van der Waals surface area contributed by atoms with Crippen LogP contribution in [0, 0.1) is 0 Å². The minimum atomic E-state index is 1.16. The van der Waals surface area contributed by atoms with Crippen molar-refractivity contribution in [2.75, 3.05) is 0 Å². The van der Waals surface area contributed by atoms with Crippen LogP contribution >= 0.6 is 0 Å². The number of fused-ring (bicyclic) bond motifs is 22. The van der Waals surface area contributed by atoms with Gasteiger partial charge in [0.15, 0.2) is 0 Å². The monoisotopic (exact) mass is 1370 g/mol. The van der Waals surface area contributed by atoms with E-state index in [1.54, 1.807) is 0 Å². The first kappa shape index (κ1) is 60.1. The Morgan fingerprint density at radius 3 is 1.06 bits per heavy atom. The molecule has 19 aromatic carbocycles. The summed E-state index contributed by atoms with van der Waals surface area (Å²) in [6, 6.07) is 143. The molecule has 0 N–H and O–H groups in total. The van der Waals surface area contributed by atoms with Crippen LogP contribution in [0.3, 0.4) is 0 Å². The molecule has 0 atom stereocenters. The molecule has 4 heteroatoms. The van der Waals surface area contributed by atoms with Gasteiger partial charge in [0.1, 0.15) is 0 Å². The fourth-order valence-corrected chi connectivity index (χ4v) is 18.6. The molecule has 0 radical (unpaired) electrons. The van der Waals surface area contributed by atoms with Crippen LogP contribution in [-0.4, -0.2) is 18.3 Å². The summed E-state index contributed by atoms with van der Waals surface area (Å²) in [5.41, 5.74) is 27.0. The number of hydrogen-bond donors (Lipinski definition) is 0. The Morgan fingerprint density at radius 2 is 0.491 bits per heavy atom. The molecule has 4 nitrogen and oxygen atoms in total. The third-order valence-electron chi connectivity index (χ3n) is 23.3. The zero-order valence-corrected chi connectivity index (χ0v) is 58.7. The Morgan fingerprint density at radius 1 is 0.139 bits per heavy atom. The third-order valence-corrected chi connectivity index (χ3v) is 23.3. The summed E-state index contributed by atoms with van der Waals surface area (Å²) in [5.74, 6) is 0. The molecule has 0 saturated carbocycles. The largest absolute Gasteiger partial charge is 0.309 e. The fourth-order valence-electron chi connectivity index (χ4n) is 18.6. The first-order valence-electron chi connectivity index (χ1n) is 37.4. The van der Waals surface area contributed by atoms with Crippen molar-refractivity contribution in [2.24, 2.45) is 0 Å². The molecule has 108 heavy (non-hydrogen) atoms. The van der Waals surface area contributed by atoms with Crippen LogP contribution in [0.5, 0.6) is 0 Å². The molecule has 23 aromatic rings. The van der Waals surface area contributed by atoms with E-state index in [9.17, 15) is 0 Å². The molecule has 1 aliphatic rings. The molecule has 0 bridgehead atoms. The molecule has 0 saturated heterocycles. The van der Waals surface area contributed by atoms with Gasteiger partial charge in [-0.15, -0.1) is 0 Å². The summed E-state index contributed by atoms with van der Waals surface area (Å²) in [6.45, 7) is 0. The summed E-state index contributed by atoms with van der Waals surface area (Å²) in [4.78, 5) is 0. The van der Waals surface area contributed by atoms with Crippen LogP contribution in [-0.2, 0) is 0 Å². The normalized spacial score (nSPS) is 12.1. The number of nitrogens with zero attached hydrogens (tertiary/aromatic N) is 4. The van der Waals surface area contributed by atoms with E-state index in [4.69, 9.17) is 0 Å². The molecule has 0 amide bonds. The van der Waals surface area contributed by atoms with Crippen LogP contribution in [0.2, 0.25) is 0 Å². The number of aromatic nitrogens is 4. The summed E-state index contributed by atoms with van der Waals surface area (Å²) in [5, 5.41) is 23.0. The Bertz CT molecular complexity index is 7690. The maximum atomic E-state index is 2.50. The fraction of sp³-hybridized carbons (Fsp3) is 0. The Labute approximate surface area is 621 Å². The van der Waals surface area contributed by atoms with Gasteiger partial charge in [-0.3, -0.25) is 0 Å². The van der Waals surface area contributed by atoms with Gasteiger partial charge >= 0.3 is 0 Å². The highest BCUT2D eigenvalue weighted by atomic mass is 15.0. The number of benzene rings is 19.